The van der Waals surface area contributed by atoms with Gasteiger partial charge in [0.15, 0.2) is 0 Å². The smallest absolute Gasteiger partial charge is 0.234 e. The predicted octanol–water partition coefficient (Wildman–Crippen LogP) is 2.86. The summed E-state index contributed by atoms with van der Waals surface area (Å²) in [5.41, 5.74) is 10.1. The number of carbonyl (C=O) groups is 1. The van der Waals surface area contributed by atoms with Crippen LogP contribution in [0.15, 0.2) is 48.5 Å². The monoisotopic (exact) mass is 282 g/mol. The lowest BCUT2D eigenvalue weighted by Crippen LogP contribution is -2.41. The molecule has 3 N–H and O–H groups in total. The summed E-state index contributed by atoms with van der Waals surface area (Å²) >= 11 is 0. The maximum atomic E-state index is 11.4. The van der Waals surface area contributed by atoms with Crippen LogP contribution in [-0.4, -0.2) is 11.9 Å². The van der Waals surface area contributed by atoms with E-state index in [1.165, 1.54) is 16.7 Å². The third-order valence-electron chi connectivity index (χ3n) is 3.71. The minimum atomic E-state index is -0.393. The molecule has 21 heavy (non-hydrogen) atoms. The molecule has 2 rings (SSSR count). The third-order valence-corrected chi connectivity index (χ3v) is 3.71. The average Bonchev–Trinajstić information content (AvgIpc) is 2.46. The van der Waals surface area contributed by atoms with Crippen LogP contribution >= 0.6 is 0 Å². The van der Waals surface area contributed by atoms with E-state index in [0.717, 1.165) is 5.56 Å². The van der Waals surface area contributed by atoms with Gasteiger partial charge in [-0.05, 0) is 37.5 Å². The van der Waals surface area contributed by atoms with Crippen LogP contribution < -0.4 is 11.1 Å². The lowest BCUT2D eigenvalue weighted by Gasteiger charge is -2.24. The fourth-order valence-corrected chi connectivity index (χ4v) is 2.49. The normalized spacial score (nSPS) is 13.7. The summed E-state index contributed by atoms with van der Waals surface area (Å²) in [5.74, 6) is -0.347. The van der Waals surface area contributed by atoms with Gasteiger partial charge >= 0.3 is 0 Å². The zero-order valence-corrected chi connectivity index (χ0v) is 12.8. The van der Waals surface area contributed by atoms with Crippen molar-refractivity contribution in [2.45, 2.75) is 32.9 Å². The summed E-state index contributed by atoms with van der Waals surface area (Å²) in [6, 6.07) is 16.0. The van der Waals surface area contributed by atoms with Crippen LogP contribution in [0.3, 0.4) is 0 Å². The molecule has 0 aliphatic rings. The van der Waals surface area contributed by atoms with Crippen LogP contribution in [0.1, 0.15) is 35.2 Å². The Hall–Kier alpha value is -2.13. The summed E-state index contributed by atoms with van der Waals surface area (Å²) in [5, 5.41) is 3.33. The molecule has 2 aromatic carbocycles. The van der Waals surface area contributed by atoms with Gasteiger partial charge in [-0.25, -0.2) is 0 Å². The molecule has 0 aromatic heterocycles. The number of carbonyl (C=O) groups excluding carboxylic acids is 1. The number of amides is 1. The van der Waals surface area contributed by atoms with Crippen molar-refractivity contribution >= 4 is 5.91 Å². The van der Waals surface area contributed by atoms with Crippen LogP contribution in [0.4, 0.5) is 0 Å². The Morgan fingerprint density at radius 3 is 2.33 bits per heavy atom. The van der Waals surface area contributed by atoms with Crippen LogP contribution in [0, 0.1) is 13.8 Å². The molecule has 0 radical (unpaired) electrons. The molecule has 2 unspecified atom stereocenters. The van der Waals surface area contributed by atoms with Crippen molar-refractivity contribution in [2.24, 2.45) is 5.73 Å². The number of hydrogen-bond acceptors (Lipinski definition) is 2. The molecule has 0 bridgehead atoms. The molecule has 0 aliphatic heterocycles. The van der Waals surface area contributed by atoms with E-state index in [0.29, 0.717) is 0 Å². The van der Waals surface area contributed by atoms with Gasteiger partial charge in [-0.15, -0.1) is 0 Å². The lowest BCUT2D eigenvalue weighted by atomic mass is 9.93. The Labute approximate surface area is 126 Å². The number of rotatable bonds is 5. The molecule has 0 heterocycles. The minimum Gasteiger partial charge on any atom is -0.368 e. The number of nitrogens with one attached hydrogen (secondary N) is 1. The van der Waals surface area contributed by atoms with E-state index in [2.05, 4.69) is 49.5 Å². The van der Waals surface area contributed by atoms with Crippen molar-refractivity contribution in [1.29, 1.82) is 0 Å². The number of primary amides is 1. The average molecular weight is 282 g/mol. The van der Waals surface area contributed by atoms with Crippen LogP contribution in [0.25, 0.3) is 0 Å². The second kappa shape index (κ2) is 6.55. The van der Waals surface area contributed by atoms with Gasteiger partial charge in [-0.2, -0.15) is 0 Å². The third kappa shape index (κ3) is 3.70. The lowest BCUT2D eigenvalue weighted by molar-refractivity contribution is -0.119. The van der Waals surface area contributed by atoms with Crippen molar-refractivity contribution in [3.63, 3.8) is 0 Å². The fourth-order valence-electron chi connectivity index (χ4n) is 2.49. The van der Waals surface area contributed by atoms with Crippen LogP contribution in [0.5, 0.6) is 0 Å². The summed E-state index contributed by atoms with van der Waals surface area (Å²) in [6.45, 7) is 5.96. The number of benzene rings is 2. The Balaban J connectivity index is 2.42. The van der Waals surface area contributed by atoms with E-state index in [4.69, 9.17) is 5.73 Å². The topological polar surface area (TPSA) is 55.1 Å². The first-order chi connectivity index (χ1) is 9.99. The Morgan fingerprint density at radius 1 is 1.10 bits per heavy atom. The predicted molar refractivity (Wildman–Crippen MR) is 86.0 cm³/mol. The van der Waals surface area contributed by atoms with Crippen molar-refractivity contribution in [2.75, 3.05) is 0 Å². The van der Waals surface area contributed by atoms with Gasteiger partial charge in [0.2, 0.25) is 5.91 Å². The van der Waals surface area contributed by atoms with Crippen LogP contribution in [-0.2, 0) is 4.79 Å². The molecular weight excluding hydrogens is 260 g/mol. The maximum absolute atomic E-state index is 11.4. The van der Waals surface area contributed by atoms with Crippen molar-refractivity contribution < 1.29 is 4.79 Å². The summed E-state index contributed by atoms with van der Waals surface area (Å²) in [7, 11) is 0. The van der Waals surface area contributed by atoms with E-state index in [1.807, 2.05) is 18.2 Å². The van der Waals surface area contributed by atoms with E-state index < -0.39 is 6.04 Å². The summed E-state index contributed by atoms with van der Waals surface area (Å²) in [4.78, 5) is 11.4. The zero-order chi connectivity index (χ0) is 15.4. The summed E-state index contributed by atoms with van der Waals surface area (Å²) in [6.07, 6.45) is 0. The zero-order valence-electron chi connectivity index (χ0n) is 12.8. The van der Waals surface area contributed by atoms with Gasteiger partial charge < -0.3 is 5.73 Å². The highest BCUT2D eigenvalue weighted by Gasteiger charge is 2.20. The van der Waals surface area contributed by atoms with Crippen molar-refractivity contribution in [3.8, 4) is 0 Å². The molecule has 0 saturated carbocycles. The Morgan fingerprint density at radius 2 is 1.76 bits per heavy atom. The number of hydrogen-bond donors (Lipinski definition) is 2. The molecule has 2 atom stereocenters. The van der Waals surface area contributed by atoms with E-state index >= 15 is 0 Å². The van der Waals surface area contributed by atoms with Crippen LogP contribution in [0.2, 0.25) is 0 Å². The van der Waals surface area contributed by atoms with Gasteiger partial charge in [0, 0.05) is 0 Å². The molecule has 0 saturated heterocycles. The second-order valence-electron chi connectivity index (χ2n) is 5.49. The van der Waals surface area contributed by atoms with Crippen molar-refractivity contribution in [1.82, 2.24) is 5.32 Å². The molecule has 3 nitrogen and oxygen atoms in total. The second-order valence-corrected chi connectivity index (χ2v) is 5.49. The largest absolute Gasteiger partial charge is 0.368 e. The van der Waals surface area contributed by atoms with E-state index in [1.54, 1.807) is 6.92 Å². The molecule has 0 spiro atoms. The van der Waals surface area contributed by atoms with E-state index in [9.17, 15) is 4.79 Å². The first-order valence-electron chi connectivity index (χ1n) is 7.16. The first kappa shape index (κ1) is 15.3. The quantitative estimate of drug-likeness (QED) is 0.886. The highest BCUT2D eigenvalue weighted by Crippen LogP contribution is 2.26. The standard InChI is InChI=1S/C18H22N2O/c1-12-9-10-16(13(2)11-12)17(20-14(3)18(19)21)15-7-5-4-6-8-15/h4-11,14,17,20H,1-3H3,(H2,19,21). The highest BCUT2D eigenvalue weighted by atomic mass is 16.1. The molecular formula is C18H22N2O. The molecule has 1 amide bonds. The SMILES string of the molecule is Cc1ccc(C(NC(C)C(N)=O)c2ccccc2)c(C)c1. The fraction of sp³-hybridized carbons (Fsp3) is 0.278. The van der Waals surface area contributed by atoms with E-state index in [-0.39, 0.29) is 11.9 Å². The molecule has 2 aromatic rings. The molecule has 0 fully saturated rings. The molecule has 0 aliphatic carbocycles. The maximum Gasteiger partial charge on any atom is 0.234 e. The molecule has 3 heteroatoms. The van der Waals surface area contributed by atoms with Gasteiger partial charge in [0.1, 0.15) is 0 Å². The summed E-state index contributed by atoms with van der Waals surface area (Å²) < 4.78 is 0. The Kier molecular flexibility index (Phi) is 4.76. The van der Waals surface area contributed by atoms with Crippen molar-refractivity contribution in [3.05, 3.63) is 70.8 Å². The number of aryl methyl sites for hydroxylation is 2. The first-order valence-corrected chi connectivity index (χ1v) is 7.16. The molecule has 110 valence electrons. The minimum absolute atomic E-state index is 0.0469. The Bertz CT molecular complexity index is 622. The van der Waals surface area contributed by atoms with Gasteiger partial charge in [-0.1, -0.05) is 54.1 Å². The van der Waals surface area contributed by atoms with Gasteiger partial charge in [0.05, 0.1) is 12.1 Å². The van der Waals surface area contributed by atoms with Gasteiger partial charge in [0.25, 0.3) is 0 Å². The van der Waals surface area contributed by atoms with Gasteiger partial charge in [-0.3, -0.25) is 10.1 Å². The number of nitrogens with two attached hydrogens (primary N) is 1. The highest BCUT2D eigenvalue weighted by molar-refractivity contribution is 5.79.